The molecule has 0 atom stereocenters. The Labute approximate surface area is 93.3 Å². The summed E-state index contributed by atoms with van der Waals surface area (Å²) in [4.78, 5) is 21.9. The van der Waals surface area contributed by atoms with Gasteiger partial charge in [-0.2, -0.15) is 0 Å². The molecule has 16 heavy (non-hydrogen) atoms. The number of rotatable bonds is 6. The Kier molecular flexibility index (Phi) is 4.72. The molecule has 1 rings (SSSR count). The maximum atomic E-state index is 11.2. The molecular weight excluding hydrogens is 210 g/mol. The Morgan fingerprint density at radius 1 is 1.56 bits per heavy atom. The minimum Gasteiger partial charge on any atom is -0.477 e. The van der Waals surface area contributed by atoms with E-state index < -0.39 is 11.4 Å². The van der Waals surface area contributed by atoms with E-state index >= 15 is 0 Å². The van der Waals surface area contributed by atoms with Gasteiger partial charge in [0.05, 0.1) is 0 Å². The number of aromatic carboxylic acids is 1. The van der Waals surface area contributed by atoms with Crippen molar-refractivity contribution in [2.45, 2.75) is 19.9 Å². The second-order valence-electron chi connectivity index (χ2n) is 3.32. The number of hydrogen-bond donors (Lipinski definition) is 1. The molecule has 0 aliphatic rings. The van der Waals surface area contributed by atoms with Crippen LogP contribution in [0.2, 0.25) is 0 Å². The second-order valence-corrected chi connectivity index (χ2v) is 3.32. The van der Waals surface area contributed by atoms with E-state index in [1.165, 1.54) is 12.3 Å². The molecule has 5 heteroatoms. The molecule has 5 nitrogen and oxygen atoms in total. The summed E-state index contributed by atoms with van der Waals surface area (Å²) in [6.07, 6.45) is 3.73. The zero-order valence-corrected chi connectivity index (χ0v) is 9.18. The summed E-state index contributed by atoms with van der Waals surface area (Å²) in [7, 11) is 0. The predicted molar refractivity (Wildman–Crippen MR) is 58.8 cm³/mol. The van der Waals surface area contributed by atoms with E-state index in [2.05, 4.69) is 0 Å². The van der Waals surface area contributed by atoms with Gasteiger partial charge in [-0.1, -0.05) is 0 Å². The molecule has 0 aliphatic carbocycles. The number of aromatic nitrogens is 1. The average Bonchev–Trinajstić information content (AvgIpc) is 2.26. The highest BCUT2D eigenvalue weighted by molar-refractivity contribution is 5.86. The van der Waals surface area contributed by atoms with Crippen molar-refractivity contribution in [1.82, 2.24) is 4.57 Å². The summed E-state index contributed by atoms with van der Waals surface area (Å²) >= 11 is 0. The molecule has 1 N–H and O–H groups in total. The van der Waals surface area contributed by atoms with Crippen LogP contribution in [0.4, 0.5) is 0 Å². The Bertz CT molecular complexity index is 411. The second kappa shape index (κ2) is 6.07. The van der Waals surface area contributed by atoms with E-state index in [-0.39, 0.29) is 5.56 Å². The quantitative estimate of drug-likeness (QED) is 0.732. The number of hydrogen-bond acceptors (Lipinski definition) is 3. The van der Waals surface area contributed by atoms with Crippen LogP contribution in [-0.4, -0.2) is 28.9 Å². The molecule has 1 heterocycles. The van der Waals surface area contributed by atoms with E-state index in [4.69, 9.17) is 9.84 Å². The van der Waals surface area contributed by atoms with Crippen LogP contribution in [0.1, 0.15) is 23.7 Å². The van der Waals surface area contributed by atoms with Crippen molar-refractivity contribution >= 4 is 5.97 Å². The van der Waals surface area contributed by atoms with Gasteiger partial charge >= 0.3 is 5.97 Å². The lowest BCUT2D eigenvalue weighted by Gasteiger charge is -2.06. The number of carboxylic acids is 1. The van der Waals surface area contributed by atoms with Crippen molar-refractivity contribution in [3.63, 3.8) is 0 Å². The van der Waals surface area contributed by atoms with Crippen LogP contribution < -0.4 is 5.43 Å². The Hall–Kier alpha value is -1.62. The number of carboxylic acid groups (broad SMARTS) is 1. The minimum absolute atomic E-state index is 0.195. The number of nitrogens with zero attached hydrogens (tertiary/aromatic N) is 1. The molecule has 0 amide bonds. The molecule has 0 fully saturated rings. The highest BCUT2D eigenvalue weighted by Crippen LogP contribution is 1.96. The van der Waals surface area contributed by atoms with Crippen LogP contribution in [0, 0.1) is 0 Å². The number of ether oxygens (including phenoxy) is 1. The van der Waals surface area contributed by atoms with E-state index in [0.29, 0.717) is 19.8 Å². The molecule has 1 aromatic heterocycles. The van der Waals surface area contributed by atoms with Gasteiger partial charge in [-0.15, -0.1) is 0 Å². The summed E-state index contributed by atoms with van der Waals surface area (Å²) in [5, 5.41) is 8.76. The SMILES string of the molecule is CCOCCCn1ccc(=O)c(C(=O)O)c1. The van der Waals surface area contributed by atoms with Gasteiger partial charge < -0.3 is 14.4 Å². The van der Waals surface area contributed by atoms with Crippen molar-refractivity contribution in [3.05, 3.63) is 34.2 Å². The first kappa shape index (κ1) is 12.4. The third-order valence-electron chi connectivity index (χ3n) is 2.12. The standard InChI is InChI=1S/C11H15NO4/c1-2-16-7-3-5-12-6-4-10(13)9(8-12)11(14)15/h4,6,8H,2-3,5,7H2,1H3,(H,14,15). The number of aryl methyl sites for hydroxylation is 1. The summed E-state index contributed by atoms with van der Waals surface area (Å²) in [5.41, 5.74) is -0.660. The lowest BCUT2D eigenvalue weighted by Crippen LogP contribution is -2.16. The van der Waals surface area contributed by atoms with Crippen molar-refractivity contribution in [2.24, 2.45) is 0 Å². The zero-order chi connectivity index (χ0) is 12.0. The monoisotopic (exact) mass is 225 g/mol. The highest BCUT2D eigenvalue weighted by Gasteiger charge is 2.07. The topological polar surface area (TPSA) is 68.5 Å². The summed E-state index contributed by atoms with van der Waals surface area (Å²) in [6, 6.07) is 1.27. The van der Waals surface area contributed by atoms with Crippen LogP contribution in [0.3, 0.4) is 0 Å². The molecule has 0 spiro atoms. The normalized spacial score (nSPS) is 10.3. The van der Waals surface area contributed by atoms with Crippen LogP contribution in [0.25, 0.3) is 0 Å². The van der Waals surface area contributed by atoms with E-state index in [1.807, 2.05) is 6.92 Å². The van der Waals surface area contributed by atoms with Crippen molar-refractivity contribution in [3.8, 4) is 0 Å². The Morgan fingerprint density at radius 2 is 2.31 bits per heavy atom. The van der Waals surface area contributed by atoms with E-state index in [9.17, 15) is 9.59 Å². The summed E-state index contributed by atoms with van der Waals surface area (Å²) in [5.74, 6) is -1.19. The van der Waals surface area contributed by atoms with Gasteiger partial charge in [-0.05, 0) is 13.3 Å². The number of pyridine rings is 1. The first-order valence-corrected chi connectivity index (χ1v) is 5.16. The Balaban J connectivity index is 2.64. The van der Waals surface area contributed by atoms with Crippen LogP contribution >= 0.6 is 0 Å². The maximum absolute atomic E-state index is 11.2. The molecule has 0 radical (unpaired) electrons. The molecule has 1 aromatic rings. The lowest BCUT2D eigenvalue weighted by atomic mass is 10.2. The van der Waals surface area contributed by atoms with Gasteiger partial charge in [0.1, 0.15) is 5.56 Å². The lowest BCUT2D eigenvalue weighted by molar-refractivity contribution is 0.0694. The molecular formula is C11H15NO4. The van der Waals surface area contributed by atoms with Gasteiger partial charge in [-0.3, -0.25) is 4.79 Å². The minimum atomic E-state index is -1.19. The fourth-order valence-corrected chi connectivity index (χ4v) is 1.32. The van der Waals surface area contributed by atoms with Crippen LogP contribution in [-0.2, 0) is 11.3 Å². The fraction of sp³-hybridized carbons (Fsp3) is 0.455. The fourth-order valence-electron chi connectivity index (χ4n) is 1.32. The molecule has 88 valence electrons. The largest absolute Gasteiger partial charge is 0.477 e. The van der Waals surface area contributed by atoms with Gasteiger partial charge in [0.25, 0.3) is 0 Å². The van der Waals surface area contributed by atoms with Crippen LogP contribution in [0.5, 0.6) is 0 Å². The molecule has 0 aromatic carbocycles. The molecule has 0 bridgehead atoms. The van der Waals surface area contributed by atoms with Crippen molar-refractivity contribution in [2.75, 3.05) is 13.2 Å². The third kappa shape index (κ3) is 3.51. The van der Waals surface area contributed by atoms with Gasteiger partial charge in [-0.25, -0.2) is 4.79 Å². The maximum Gasteiger partial charge on any atom is 0.341 e. The van der Waals surface area contributed by atoms with Gasteiger partial charge in [0, 0.05) is 38.2 Å². The molecule has 0 unspecified atom stereocenters. The molecule has 0 saturated heterocycles. The highest BCUT2D eigenvalue weighted by atomic mass is 16.5. The third-order valence-corrected chi connectivity index (χ3v) is 2.12. The number of carbonyl (C=O) groups is 1. The van der Waals surface area contributed by atoms with Gasteiger partial charge in [0.15, 0.2) is 5.43 Å². The zero-order valence-electron chi connectivity index (χ0n) is 9.18. The summed E-state index contributed by atoms with van der Waals surface area (Å²) < 4.78 is 6.85. The van der Waals surface area contributed by atoms with Crippen LogP contribution in [0.15, 0.2) is 23.3 Å². The average molecular weight is 225 g/mol. The Morgan fingerprint density at radius 3 is 2.94 bits per heavy atom. The van der Waals surface area contributed by atoms with E-state index in [1.54, 1.807) is 10.8 Å². The summed E-state index contributed by atoms with van der Waals surface area (Å²) in [6.45, 7) is 3.86. The van der Waals surface area contributed by atoms with Gasteiger partial charge in [0.2, 0.25) is 0 Å². The molecule has 0 saturated carbocycles. The molecule has 0 aliphatic heterocycles. The first-order chi connectivity index (χ1) is 7.65. The predicted octanol–water partition coefficient (Wildman–Crippen LogP) is 0.973. The first-order valence-electron chi connectivity index (χ1n) is 5.16. The smallest absolute Gasteiger partial charge is 0.341 e. The van der Waals surface area contributed by atoms with Crippen molar-refractivity contribution < 1.29 is 14.6 Å². The van der Waals surface area contributed by atoms with E-state index in [0.717, 1.165) is 6.42 Å². The van der Waals surface area contributed by atoms with Crippen molar-refractivity contribution in [1.29, 1.82) is 0 Å².